The Morgan fingerprint density at radius 3 is 2.08 bits per heavy atom. The molecule has 0 saturated carbocycles. The third kappa shape index (κ3) is 4.16. The maximum Gasteiger partial charge on any atom is 0.173 e. The summed E-state index contributed by atoms with van der Waals surface area (Å²) in [5.74, 6) is 1.33. The van der Waals surface area contributed by atoms with Crippen LogP contribution in [0.15, 0.2) is 11.8 Å². The van der Waals surface area contributed by atoms with Crippen molar-refractivity contribution in [2.45, 2.75) is 34.6 Å². The molecule has 0 aromatic carbocycles. The van der Waals surface area contributed by atoms with E-state index in [0.717, 1.165) is 12.2 Å². The van der Waals surface area contributed by atoms with E-state index in [9.17, 15) is 0 Å². The molecule has 0 heterocycles. The third-order valence-corrected chi connectivity index (χ3v) is 1.41. The molecule has 0 radical (unpaired) electrons. The fourth-order valence-electron chi connectivity index (χ4n) is 0.832. The molecule has 0 fully saturated rings. The standard InChI is InChI=1S/C10H19NO/c1-8(2)6-9(12-7-11)10(3,4)5/h6-8,11H,1-5H3/b9-6-,11-7?. The predicted octanol–water partition coefficient (Wildman–Crippen LogP) is 3.20. The first-order valence-electron chi connectivity index (χ1n) is 4.26. The molecule has 0 amide bonds. The van der Waals surface area contributed by atoms with Crippen molar-refractivity contribution in [3.8, 4) is 0 Å². The van der Waals surface area contributed by atoms with Crippen LogP contribution in [0.4, 0.5) is 0 Å². The van der Waals surface area contributed by atoms with Gasteiger partial charge in [-0.15, -0.1) is 0 Å². The summed E-state index contributed by atoms with van der Waals surface area (Å²) in [5.41, 5.74) is -0.0121. The SMILES string of the molecule is CC(C)/C=C(\OC=N)C(C)(C)C. The van der Waals surface area contributed by atoms with Crippen LogP contribution >= 0.6 is 0 Å². The van der Waals surface area contributed by atoms with Gasteiger partial charge in [0.05, 0.1) is 0 Å². The van der Waals surface area contributed by atoms with Gasteiger partial charge in [0.25, 0.3) is 0 Å². The Balaban J connectivity index is 4.54. The van der Waals surface area contributed by atoms with Crippen molar-refractivity contribution < 1.29 is 4.74 Å². The third-order valence-electron chi connectivity index (χ3n) is 1.41. The minimum atomic E-state index is -0.0121. The predicted molar refractivity (Wildman–Crippen MR) is 52.2 cm³/mol. The van der Waals surface area contributed by atoms with E-state index < -0.39 is 0 Å². The monoisotopic (exact) mass is 169 g/mol. The lowest BCUT2D eigenvalue weighted by Gasteiger charge is -2.21. The molecule has 2 nitrogen and oxygen atoms in total. The summed E-state index contributed by atoms with van der Waals surface area (Å²) in [5, 5.41) is 6.87. The highest BCUT2D eigenvalue weighted by Gasteiger charge is 2.18. The maximum absolute atomic E-state index is 6.87. The van der Waals surface area contributed by atoms with Crippen molar-refractivity contribution in [1.29, 1.82) is 5.41 Å². The van der Waals surface area contributed by atoms with Gasteiger partial charge in [-0.2, -0.15) is 0 Å². The Kier molecular flexibility index (Phi) is 4.01. The van der Waals surface area contributed by atoms with Crippen LogP contribution in [0.1, 0.15) is 34.6 Å². The Hall–Kier alpha value is -0.790. The number of nitrogens with one attached hydrogen (secondary N) is 1. The van der Waals surface area contributed by atoms with Crippen LogP contribution in [0.2, 0.25) is 0 Å². The van der Waals surface area contributed by atoms with Crippen molar-refractivity contribution >= 4 is 6.40 Å². The van der Waals surface area contributed by atoms with Crippen LogP contribution in [0, 0.1) is 16.7 Å². The summed E-state index contributed by atoms with van der Waals surface area (Å²) in [4.78, 5) is 0. The summed E-state index contributed by atoms with van der Waals surface area (Å²) in [7, 11) is 0. The van der Waals surface area contributed by atoms with Gasteiger partial charge >= 0.3 is 0 Å². The largest absolute Gasteiger partial charge is 0.451 e. The zero-order chi connectivity index (χ0) is 9.78. The van der Waals surface area contributed by atoms with E-state index in [1.165, 1.54) is 0 Å². The smallest absolute Gasteiger partial charge is 0.173 e. The Bertz CT molecular complexity index is 175. The highest BCUT2D eigenvalue weighted by Crippen LogP contribution is 2.26. The lowest BCUT2D eigenvalue weighted by molar-refractivity contribution is 0.288. The Labute approximate surface area is 75.1 Å². The molecule has 0 aromatic heterocycles. The van der Waals surface area contributed by atoms with E-state index in [-0.39, 0.29) is 5.41 Å². The molecule has 12 heavy (non-hydrogen) atoms. The van der Waals surface area contributed by atoms with Crippen LogP contribution in [0.25, 0.3) is 0 Å². The highest BCUT2D eigenvalue weighted by atomic mass is 16.5. The Morgan fingerprint density at radius 1 is 1.33 bits per heavy atom. The quantitative estimate of drug-likeness (QED) is 0.393. The second kappa shape index (κ2) is 4.29. The van der Waals surface area contributed by atoms with E-state index in [2.05, 4.69) is 34.6 Å². The zero-order valence-electron chi connectivity index (χ0n) is 8.64. The molecule has 0 bridgehead atoms. The summed E-state index contributed by atoms with van der Waals surface area (Å²) < 4.78 is 5.12. The van der Waals surface area contributed by atoms with Crippen molar-refractivity contribution in [2.75, 3.05) is 0 Å². The molecule has 0 atom stereocenters. The van der Waals surface area contributed by atoms with Crippen LogP contribution < -0.4 is 0 Å². The van der Waals surface area contributed by atoms with Crippen molar-refractivity contribution in [1.82, 2.24) is 0 Å². The number of ether oxygens (including phenoxy) is 1. The zero-order valence-corrected chi connectivity index (χ0v) is 8.64. The highest BCUT2D eigenvalue weighted by molar-refractivity contribution is 5.44. The number of rotatable bonds is 3. The normalized spacial score (nSPS) is 13.3. The number of hydrogen-bond donors (Lipinski definition) is 1. The minimum absolute atomic E-state index is 0.0121. The lowest BCUT2D eigenvalue weighted by atomic mass is 9.92. The van der Waals surface area contributed by atoms with Crippen molar-refractivity contribution in [2.24, 2.45) is 11.3 Å². The van der Waals surface area contributed by atoms with Crippen molar-refractivity contribution in [3.63, 3.8) is 0 Å². The molecule has 0 unspecified atom stereocenters. The average Bonchev–Trinajstić information content (AvgIpc) is 1.83. The first-order valence-corrected chi connectivity index (χ1v) is 4.26. The van der Waals surface area contributed by atoms with E-state index in [1.807, 2.05) is 6.08 Å². The summed E-state index contributed by atoms with van der Waals surface area (Å²) in [6, 6.07) is 0. The van der Waals surface area contributed by atoms with Crippen LogP contribution in [-0.2, 0) is 4.74 Å². The number of hydrogen-bond acceptors (Lipinski definition) is 2. The van der Waals surface area contributed by atoms with E-state index in [1.54, 1.807) is 0 Å². The number of allylic oxidation sites excluding steroid dienone is 2. The molecule has 0 aliphatic carbocycles. The average molecular weight is 169 g/mol. The molecule has 2 heteroatoms. The fraction of sp³-hybridized carbons (Fsp3) is 0.700. The van der Waals surface area contributed by atoms with Crippen LogP contribution in [0.3, 0.4) is 0 Å². The van der Waals surface area contributed by atoms with Gasteiger partial charge in [-0.25, -0.2) is 0 Å². The maximum atomic E-state index is 6.87. The molecule has 0 aliphatic heterocycles. The molecule has 0 spiro atoms. The summed E-state index contributed by atoms with van der Waals surface area (Å²) >= 11 is 0. The summed E-state index contributed by atoms with van der Waals surface area (Å²) in [6.45, 7) is 10.4. The van der Waals surface area contributed by atoms with E-state index in [4.69, 9.17) is 10.1 Å². The van der Waals surface area contributed by atoms with Gasteiger partial charge in [-0.3, -0.25) is 5.41 Å². The molecule has 0 rings (SSSR count). The first kappa shape index (κ1) is 11.2. The molecule has 0 aromatic rings. The molecular weight excluding hydrogens is 150 g/mol. The first-order chi connectivity index (χ1) is 5.38. The molecule has 1 N–H and O–H groups in total. The second-order valence-electron chi connectivity index (χ2n) is 4.26. The molecule has 70 valence electrons. The van der Waals surface area contributed by atoms with E-state index in [0.29, 0.717) is 5.92 Å². The minimum Gasteiger partial charge on any atom is -0.451 e. The van der Waals surface area contributed by atoms with Gasteiger partial charge in [-0.05, 0) is 12.0 Å². The lowest BCUT2D eigenvalue weighted by Crippen LogP contribution is -2.12. The summed E-state index contributed by atoms with van der Waals surface area (Å²) in [6.07, 6.45) is 3.03. The van der Waals surface area contributed by atoms with Gasteiger partial charge in [0.1, 0.15) is 5.76 Å². The van der Waals surface area contributed by atoms with Gasteiger partial charge in [0.2, 0.25) is 0 Å². The topological polar surface area (TPSA) is 33.1 Å². The molecular formula is C10H19NO. The Morgan fingerprint density at radius 2 is 1.83 bits per heavy atom. The van der Waals surface area contributed by atoms with Gasteiger partial charge in [0, 0.05) is 5.41 Å². The van der Waals surface area contributed by atoms with E-state index >= 15 is 0 Å². The van der Waals surface area contributed by atoms with Crippen molar-refractivity contribution in [3.05, 3.63) is 11.8 Å². The molecule has 0 saturated heterocycles. The second-order valence-corrected chi connectivity index (χ2v) is 4.26. The van der Waals surface area contributed by atoms with Gasteiger partial charge in [0.15, 0.2) is 6.40 Å². The fourth-order valence-corrected chi connectivity index (χ4v) is 0.832. The van der Waals surface area contributed by atoms with Crippen LogP contribution in [0.5, 0.6) is 0 Å². The van der Waals surface area contributed by atoms with Gasteiger partial charge in [-0.1, -0.05) is 34.6 Å². The van der Waals surface area contributed by atoms with Crippen LogP contribution in [-0.4, -0.2) is 6.40 Å². The van der Waals surface area contributed by atoms with Gasteiger partial charge < -0.3 is 4.74 Å². The molecule has 0 aliphatic rings.